The van der Waals surface area contributed by atoms with Gasteiger partial charge in [-0.05, 0) is 20.8 Å². The smallest absolute Gasteiger partial charge is 0.252 e. The highest BCUT2D eigenvalue weighted by Crippen LogP contribution is 2.17. The van der Waals surface area contributed by atoms with Crippen LogP contribution < -0.4 is 16.6 Å². The first kappa shape index (κ1) is 12.4. The third kappa shape index (κ3) is 2.13. The highest BCUT2D eigenvalue weighted by atomic mass is 16.2. The topological polar surface area (TPSA) is 99.8 Å². The van der Waals surface area contributed by atoms with Gasteiger partial charge in [0.2, 0.25) is 11.9 Å². The van der Waals surface area contributed by atoms with Gasteiger partial charge >= 0.3 is 0 Å². The number of amides is 2. The van der Waals surface area contributed by atoms with E-state index in [-0.39, 0.29) is 18.4 Å². The number of imide groups is 1. The van der Waals surface area contributed by atoms with Crippen LogP contribution in [0.2, 0.25) is 0 Å². The van der Waals surface area contributed by atoms with Crippen LogP contribution in [-0.4, -0.2) is 41.3 Å². The molecule has 7 heteroatoms. The highest BCUT2D eigenvalue weighted by Gasteiger charge is 2.42. The molecular formula is C9H17N5O2. The summed E-state index contributed by atoms with van der Waals surface area (Å²) in [4.78, 5) is 28.6. The van der Waals surface area contributed by atoms with Gasteiger partial charge in [-0.2, -0.15) is 0 Å². The molecule has 0 aromatic heterocycles. The second-order valence-corrected chi connectivity index (χ2v) is 3.96. The van der Waals surface area contributed by atoms with Crippen molar-refractivity contribution in [3.05, 3.63) is 0 Å². The van der Waals surface area contributed by atoms with E-state index in [1.54, 1.807) is 18.7 Å². The maximum absolute atomic E-state index is 11.7. The predicted octanol–water partition coefficient (Wildman–Crippen LogP) is -1.44. The molecule has 0 spiro atoms. The standard InChI is InChI=1S/C9H17N5O2/c1-4-11-8(13-10)14-5-6(15)12-7(16)9(14,2)3/h4-5,10H2,1-3H3,(H,11,13)(H,12,15,16). The molecule has 1 heterocycles. The third-order valence-electron chi connectivity index (χ3n) is 2.48. The van der Waals surface area contributed by atoms with Crippen molar-refractivity contribution in [2.45, 2.75) is 26.3 Å². The Hall–Kier alpha value is -1.63. The van der Waals surface area contributed by atoms with E-state index in [1.807, 2.05) is 6.92 Å². The molecular weight excluding hydrogens is 210 g/mol. The monoisotopic (exact) mass is 227 g/mol. The van der Waals surface area contributed by atoms with Crippen molar-refractivity contribution in [3.63, 3.8) is 0 Å². The largest absolute Gasteiger partial charge is 0.318 e. The Bertz CT molecular complexity index is 337. The first-order valence-corrected chi connectivity index (χ1v) is 5.06. The summed E-state index contributed by atoms with van der Waals surface area (Å²) in [5.74, 6) is 4.96. The van der Waals surface area contributed by atoms with Crippen LogP contribution in [0.1, 0.15) is 20.8 Å². The van der Waals surface area contributed by atoms with Crippen LogP contribution in [0.4, 0.5) is 0 Å². The Morgan fingerprint density at radius 1 is 1.62 bits per heavy atom. The van der Waals surface area contributed by atoms with Crippen LogP contribution in [0.5, 0.6) is 0 Å². The van der Waals surface area contributed by atoms with Gasteiger partial charge in [-0.25, -0.2) is 5.84 Å². The predicted molar refractivity (Wildman–Crippen MR) is 59.2 cm³/mol. The summed E-state index contributed by atoms with van der Waals surface area (Å²) in [5, 5.41) is 2.28. The maximum atomic E-state index is 11.7. The summed E-state index contributed by atoms with van der Waals surface area (Å²) in [6.45, 7) is 5.83. The molecule has 0 aromatic rings. The quantitative estimate of drug-likeness (QED) is 0.167. The molecule has 0 aromatic carbocycles. The molecule has 90 valence electrons. The number of carbonyl (C=O) groups is 2. The molecule has 16 heavy (non-hydrogen) atoms. The highest BCUT2D eigenvalue weighted by molar-refractivity contribution is 6.06. The number of nitrogens with two attached hydrogens (primary N) is 1. The lowest BCUT2D eigenvalue weighted by Gasteiger charge is -2.41. The Morgan fingerprint density at radius 3 is 2.75 bits per heavy atom. The first-order chi connectivity index (χ1) is 7.43. The maximum Gasteiger partial charge on any atom is 0.252 e. The Kier molecular flexibility index (Phi) is 3.48. The van der Waals surface area contributed by atoms with Gasteiger partial charge in [-0.1, -0.05) is 0 Å². The Labute approximate surface area is 94.0 Å². The zero-order chi connectivity index (χ0) is 12.3. The summed E-state index contributed by atoms with van der Waals surface area (Å²) in [7, 11) is 0. The number of hydrazine groups is 1. The van der Waals surface area contributed by atoms with Crippen LogP contribution in [-0.2, 0) is 9.59 Å². The summed E-state index contributed by atoms with van der Waals surface area (Å²) < 4.78 is 0. The van der Waals surface area contributed by atoms with Crippen LogP contribution in [0.15, 0.2) is 4.99 Å². The Morgan fingerprint density at radius 2 is 2.25 bits per heavy atom. The molecule has 1 rings (SSSR count). The minimum Gasteiger partial charge on any atom is -0.318 e. The first-order valence-electron chi connectivity index (χ1n) is 5.06. The third-order valence-corrected chi connectivity index (χ3v) is 2.48. The molecule has 1 fully saturated rings. The molecule has 2 amide bonds. The number of hydrogen-bond acceptors (Lipinski definition) is 4. The number of nitrogens with one attached hydrogen (secondary N) is 2. The number of carbonyl (C=O) groups excluding carboxylic acids is 2. The van der Waals surface area contributed by atoms with Crippen molar-refractivity contribution >= 4 is 17.8 Å². The summed E-state index contributed by atoms with van der Waals surface area (Å²) in [6.07, 6.45) is 0. The number of piperazine rings is 1. The van der Waals surface area contributed by atoms with Crippen molar-refractivity contribution in [2.75, 3.05) is 13.1 Å². The Balaban J connectivity index is 3.03. The summed E-state index contributed by atoms with van der Waals surface area (Å²) in [5.41, 5.74) is 1.56. The molecule has 0 aliphatic carbocycles. The average molecular weight is 227 g/mol. The van der Waals surface area contributed by atoms with Gasteiger partial charge in [0.15, 0.2) is 0 Å². The van der Waals surface area contributed by atoms with Crippen molar-refractivity contribution in [1.29, 1.82) is 0 Å². The van der Waals surface area contributed by atoms with Gasteiger partial charge in [-0.3, -0.25) is 25.3 Å². The van der Waals surface area contributed by atoms with Crippen molar-refractivity contribution < 1.29 is 9.59 Å². The van der Waals surface area contributed by atoms with E-state index in [2.05, 4.69) is 15.7 Å². The second kappa shape index (κ2) is 4.48. The normalized spacial score (nSPS) is 20.8. The van der Waals surface area contributed by atoms with Crippen LogP contribution >= 0.6 is 0 Å². The fourth-order valence-corrected chi connectivity index (χ4v) is 1.48. The van der Waals surface area contributed by atoms with Crippen LogP contribution in [0, 0.1) is 0 Å². The molecule has 1 saturated heterocycles. The molecule has 0 unspecified atom stereocenters. The van der Waals surface area contributed by atoms with Gasteiger partial charge in [0.05, 0.1) is 0 Å². The second-order valence-electron chi connectivity index (χ2n) is 3.96. The molecule has 1 aliphatic heterocycles. The summed E-state index contributed by atoms with van der Waals surface area (Å²) >= 11 is 0. The zero-order valence-corrected chi connectivity index (χ0v) is 9.70. The van der Waals surface area contributed by atoms with Crippen molar-refractivity contribution in [3.8, 4) is 0 Å². The number of nitrogens with zero attached hydrogens (tertiary/aromatic N) is 2. The summed E-state index contributed by atoms with van der Waals surface area (Å²) in [6, 6.07) is 0. The number of aliphatic imine (C=N–C) groups is 1. The lowest BCUT2D eigenvalue weighted by Crippen LogP contribution is -2.68. The van der Waals surface area contributed by atoms with Gasteiger partial charge in [0.25, 0.3) is 5.91 Å². The van der Waals surface area contributed by atoms with E-state index in [4.69, 9.17) is 5.84 Å². The SMILES string of the molecule is CCN=C(NN)N1CC(=O)NC(=O)C1(C)C. The van der Waals surface area contributed by atoms with Gasteiger partial charge < -0.3 is 4.90 Å². The average Bonchev–Trinajstić information content (AvgIpc) is 2.21. The van der Waals surface area contributed by atoms with Crippen LogP contribution in [0.25, 0.3) is 0 Å². The zero-order valence-electron chi connectivity index (χ0n) is 9.70. The minimum atomic E-state index is -0.853. The molecule has 0 radical (unpaired) electrons. The number of hydrogen-bond donors (Lipinski definition) is 3. The minimum absolute atomic E-state index is 0.0573. The van der Waals surface area contributed by atoms with Crippen molar-refractivity contribution in [2.24, 2.45) is 10.8 Å². The van der Waals surface area contributed by atoms with E-state index in [0.29, 0.717) is 12.5 Å². The van der Waals surface area contributed by atoms with E-state index < -0.39 is 5.54 Å². The molecule has 7 nitrogen and oxygen atoms in total. The van der Waals surface area contributed by atoms with E-state index in [0.717, 1.165) is 0 Å². The lowest BCUT2D eigenvalue weighted by molar-refractivity contribution is -0.142. The number of rotatable bonds is 1. The molecule has 0 saturated carbocycles. The molecule has 1 aliphatic rings. The van der Waals surface area contributed by atoms with E-state index in [9.17, 15) is 9.59 Å². The van der Waals surface area contributed by atoms with Gasteiger partial charge in [-0.15, -0.1) is 0 Å². The van der Waals surface area contributed by atoms with Crippen molar-refractivity contribution in [1.82, 2.24) is 15.6 Å². The fourth-order valence-electron chi connectivity index (χ4n) is 1.48. The van der Waals surface area contributed by atoms with E-state index in [1.165, 1.54) is 0 Å². The van der Waals surface area contributed by atoms with E-state index >= 15 is 0 Å². The molecule has 0 bridgehead atoms. The van der Waals surface area contributed by atoms with Gasteiger partial charge in [0, 0.05) is 6.54 Å². The fraction of sp³-hybridized carbons (Fsp3) is 0.667. The van der Waals surface area contributed by atoms with Crippen LogP contribution in [0.3, 0.4) is 0 Å². The molecule has 0 atom stereocenters. The lowest BCUT2D eigenvalue weighted by atomic mass is 9.99. The van der Waals surface area contributed by atoms with Gasteiger partial charge in [0.1, 0.15) is 12.1 Å². The molecule has 4 N–H and O–H groups in total. The number of guanidine groups is 1.